The topological polar surface area (TPSA) is 101 Å². The molecular weight excluding hydrogens is 703 g/mol. The molecule has 0 radical (unpaired) electrons. The molecule has 1 fully saturated rings. The lowest BCUT2D eigenvalue weighted by Gasteiger charge is -2.30. The summed E-state index contributed by atoms with van der Waals surface area (Å²) >= 11 is 7.13. The maximum atomic E-state index is 15.7. The standard InChI is InChI=1S/C44H54ClFN4O4/c1-9-26(5)50(7)43(53)31(11-3)41(52)47-35-19-18-34(46)38(27(35)6)33-15-13-14-32(40(33)45)36-25-30-17-16-29(39(30)42(48-36)54-8)24-28(10-2)20-22-44(12-4)23-21-37(51)49-44/h11,13-15,18-19,25,28-29H,5,9-10,12,16-17,20-24H2,1-4,6-8H3,(H,47,52)(H,49,51)/b31-11-/t28?,29?,44-/m1/s1. The van der Waals surface area contributed by atoms with E-state index in [0.29, 0.717) is 69.3 Å². The molecule has 0 bridgehead atoms. The van der Waals surface area contributed by atoms with Gasteiger partial charge in [0.15, 0.2) is 0 Å². The van der Waals surface area contributed by atoms with Crippen LogP contribution >= 0.6 is 11.6 Å². The van der Waals surface area contributed by atoms with Crippen molar-refractivity contribution in [2.24, 2.45) is 5.92 Å². The Morgan fingerprint density at radius 1 is 1.20 bits per heavy atom. The van der Waals surface area contributed by atoms with E-state index in [1.54, 1.807) is 34.1 Å². The van der Waals surface area contributed by atoms with Gasteiger partial charge in [-0.2, -0.15) is 0 Å². The van der Waals surface area contributed by atoms with Crippen LogP contribution in [0.2, 0.25) is 5.02 Å². The van der Waals surface area contributed by atoms with Crippen LogP contribution in [0.1, 0.15) is 108 Å². The number of hydrogen-bond acceptors (Lipinski definition) is 5. The minimum Gasteiger partial charge on any atom is -0.481 e. The molecule has 3 amide bonds. The smallest absolute Gasteiger partial charge is 0.262 e. The van der Waals surface area contributed by atoms with Crippen LogP contribution in [-0.4, -0.2) is 47.3 Å². The summed E-state index contributed by atoms with van der Waals surface area (Å²) in [5.41, 5.74) is 5.58. The van der Waals surface area contributed by atoms with E-state index in [2.05, 4.69) is 37.1 Å². The minimum atomic E-state index is -0.607. The second kappa shape index (κ2) is 17.3. The molecule has 0 spiro atoms. The van der Waals surface area contributed by atoms with Gasteiger partial charge in [0.05, 0.1) is 17.8 Å². The van der Waals surface area contributed by atoms with Gasteiger partial charge in [0, 0.05) is 52.6 Å². The molecule has 2 unspecified atom stereocenters. The van der Waals surface area contributed by atoms with E-state index in [4.69, 9.17) is 21.3 Å². The number of aryl methyl sites for hydroxylation is 1. The third-order valence-corrected chi connectivity index (χ3v) is 12.2. The molecular formula is C44H54ClFN4O4. The van der Waals surface area contributed by atoms with Crippen LogP contribution in [0.3, 0.4) is 0 Å². The van der Waals surface area contributed by atoms with Crippen LogP contribution in [0.25, 0.3) is 22.4 Å². The number of nitrogens with zero attached hydrogens (tertiary/aromatic N) is 2. The first-order valence-corrected chi connectivity index (χ1v) is 19.6. The minimum absolute atomic E-state index is 0.0505. The monoisotopic (exact) mass is 756 g/mol. The van der Waals surface area contributed by atoms with Crippen LogP contribution in [0.15, 0.2) is 60.3 Å². The van der Waals surface area contributed by atoms with E-state index in [9.17, 15) is 14.4 Å². The van der Waals surface area contributed by atoms with E-state index in [-0.39, 0.29) is 22.6 Å². The number of amides is 3. The highest BCUT2D eigenvalue weighted by Gasteiger charge is 2.37. The van der Waals surface area contributed by atoms with E-state index < -0.39 is 17.6 Å². The van der Waals surface area contributed by atoms with Gasteiger partial charge in [0.1, 0.15) is 11.4 Å². The van der Waals surface area contributed by atoms with Crippen molar-refractivity contribution in [2.45, 2.75) is 110 Å². The molecule has 2 heterocycles. The predicted molar refractivity (Wildman–Crippen MR) is 215 cm³/mol. The van der Waals surface area contributed by atoms with E-state index in [1.165, 1.54) is 28.7 Å². The Balaban J connectivity index is 1.41. The van der Waals surface area contributed by atoms with E-state index in [1.807, 2.05) is 19.1 Å². The second-order valence-electron chi connectivity index (χ2n) is 14.8. The normalized spacial score (nSPS) is 18.6. The average Bonchev–Trinajstić information content (AvgIpc) is 3.77. The van der Waals surface area contributed by atoms with Crippen molar-refractivity contribution in [2.75, 3.05) is 19.5 Å². The summed E-state index contributed by atoms with van der Waals surface area (Å²) in [5, 5.41) is 6.40. The zero-order valence-electron chi connectivity index (χ0n) is 32.8. The zero-order chi connectivity index (χ0) is 39.3. The Morgan fingerprint density at radius 2 is 1.94 bits per heavy atom. The molecule has 3 aromatic rings. The Morgan fingerprint density at radius 3 is 2.57 bits per heavy atom. The number of ether oxygens (including phenoxy) is 1. The van der Waals surface area contributed by atoms with Gasteiger partial charge in [-0.1, -0.05) is 69.6 Å². The Kier molecular flexibility index (Phi) is 13.0. The van der Waals surface area contributed by atoms with Crippen LogP contribution in [0.4, 0.5) is 10.1 Å². The first-order valence-electron chi connectivity index (χ1n) is 19.2. The molecule has 54 heavy (non-hydrogen) atoms. The molecule has 1 aromatic heterocycles. The summed E-state index contributed by atoms with van der Waals surface area (Å²) in [5.74, 6) is 0.000350. The summed E-state index contributed by atoms with van der Waals surface area (Å²) in [4.78, 5) is 44.8. The van der Waals surface area contributed by atoms with Gasteiger partial charge < -0.3 is 20.3 Å². The van der Waals surface area contributed by atoms with Gasteiger partial charge in [0.25, 0.3) is 11.8 Å². The van der Waals surface area contributed by atoms with E-state index >= 15 is 4.39 Å². The SMILES string of the molecule is C=C(CC)N(C)C(=O)/C(=C\C)C(=O)Nc1ccc(F)c(-c2cccc(-c3cc4c(c(OC)n3)C(CC(CC)CC[C@]3(CC)CCC(=O)N3)CC4)c2Cl)c1C. The first kappa shape index (κ1) is 40.7. The fraction of sp³-hybridized carbons (Fsp3) is 0.455. The number of nitrogens with one attached hydrogen (secondary N) is 2. The van der Waals surface area contributed by atoms with Crippen LogP contribution in [0.5, 0.6) is 5.88 Å². The molecule has 10 heteroatoms. The van der Waals surface area contributed by atoms with Gasteiger partial charge >= 0.3 is 0 Å². The summed E-state index contributed by atoms with van der Waals surface area (Å²) in [7, 11) is 3.23. The average molecular weight is 757 g/mol. The summed E-state index contributed by atoms with van der Waals surface area (Å²) in [6.07, 6.45) is 10.6. The van der Waals surface area contributed by atoms with Crippen molar-refractivity contribution in [3.63, 3.8) is 0 Å². The highest BCUT2D eigenvalue weighted by atomic mass is 35.5. The molecule has 1 saturated heterocycles. The van der Waals surface area contributed by atoms with Crippen molar-refractivity contribution in [3.8, 4) is 28.3 Å². The van der Waals surface area contributed by atoms with Gasteiger partial charge in [-0.15, -0.1) is 0 Å². The Labute approximate surface area is 324 Å². The Bertz CT molecular complexity index is 1980. The number of aromatic nitrogens is 1. The third-order valence-electron chi connectivity index (χ3n) is 11.8. The number of anilines is 1. The molecule has 2 aliphatic rings. The second-order valence-corrected chi connectivity index (χ2v) is 15.1. The van der Waals surface area contributed by atoms with Gasteiger partial charge in [0.2, 0.25) is 11.8 Å². The van der Waals surface area contributed by atoms with Crippen LogP contribution in [-0.2, 0) is 20.8 Å². The quantitative estimate of drug-likeness (QED) is 0.0914. The number of hydrogen-bond donors (Lipinski definition) is 2. The molecule has 3 atom stereocenters. The molecule has 1 aliphatic heterocycles. The van der Waals surface area contributed by atoms with Crippen LogP contribution < -0.4 is 15.4 Å². The highest BCUT2D eigenvalue weighted by Crippen LogP contribution is 2.47. The van der Waals surface area contributed by atoms with Crippen molar-refractivity contribution < 1.29 is 23.5 Å². The predicted octanol–water partition coefficient (Wildman–Crippen LogP) is 10.1. The number of carbonyl (C=O) groups is 3. The number of carbonyl (C=O) groups excluding carboxylic acids is 3. The third kappa shape index (κ3) is 8.26. The van der Waals surface area contributed by atoms with Gasteiger partial charge in [-0.3, -0.25) is 14.4 Å². The molecule has 8 nitrogen and oxygen atoms in total. The number of rotatable bonds is 15. The lowest BCUT2D eigenvalue weighted by molar-refractivity contribution is -0.127. The number of likely N-dealkylation sites (N-methyl/N-ethyl adjacent to an activating group) is 1. The van der Waals surface area contributed by atoms with Crippen molar-refractivity contribution in [3.05, 3.63) is 87.9 Å². The maximum Gasteiger partial charge on any atom is 0.262 e. The number of methoxy groups -OCH3 is 1. The molecule has 0 saturated carbocycles. The number of pyridine rings is 1. The molecule has 2 aromatic carbocycles. The zero-order valence-corrected chi connectivity index (χ0v) is 33.5. The summed E-state index contributed by atoms with van der Waals surface area (Å²) in [6.45, 7) is 13.5. The van der Waals surface area contributed by atoms with Gasteiger partial charge in [-0.25, -0.2) is 9.37 Å². The number of halogens is 2. The molecule has 2 N–H and O–H groups in total. The molecule has 1 aliphatic carbocycles. The summed E-state index contributed by atoms with van der Waals surface area (Å²) < 4.78 is 21.7. The maximum absolute atomic E-state index is 15.7. The van der Waals surface area contributed by atoms with Crippen molar-refractivity contribution in [1.29, 1.82) is 0 Å². The van der Waals surface area contributed by atoms with E-state index in [0.717, 1.165) is 56.9 Å². The molecule has 288 valence electrons. The Hall–Kier alpha value is -4.50. The first-order chi connectivity index (χ1) is 25.8. The highest BCUT2D eigenvalue weighted by molar-refractivity contribution is 6.36. The largest absolute Gasteiger partial charge is 0.481 e. The van der Waals surface area contributed by atoms with Crippen molar-refractivity contribution >= 4 is 35.0 Å². The lowest BCUT2D eigenvalue weighted by atomic mass is 9.81. The fourth-order valence-electron chi connectivity index (χ4n) is 8.17. The van der Waals surface area contributed by atoms with Gasteiger partial charge in [-0.05, 0) is 106 Å². The number of allylic oxidation sites excluding steroid dienone is 2. The number of fused-ring (bicyclic) bond motifs is 1. The van der Waals surface area contributed by atoms with Crippen molar-refractivity contribution in [1.82, 2.24) is 15.2 Å². The number of benzene rings is 2. The van der Waals surface area contributed by atoms with Crippen LogP contribution in [0, 0.1) is 18.7 Å². The fourth-order valence-corrected chi connectivity index (χ4v) is 8.49. The summed E-state index contributed by atoms with van der Waals surface area (Å²) in [6, 6.07) is 10.3. The molecule has 5 rings (SSSR count). The lowest BCUT2D eigenvalue weighted by Crippen LogP contribution is -2.41.